The van der Waals surface area contributed by atoms with Crippen molar-refractivity contribution >= 4 is 11.7 Å². The summed E-state index contributed by atoms with van der Waals surface area (Å²) in [4.78, 5) is 18.7. The van der Waals surface area contributed by atoms with Gasteiger partial charge in [0, 0.05) is 25.2 Å². The van der Waals surface area contributed by atoms with E-state index in [4.69, 9.17) is 10.00 Å². The molecule has 1 saturated carbocycles. The molecule has 2 fully saturated rings. The van der Waals surface area contributed by atoms with Crippen LogP contribution in [0, 0.1) is 23.2 Å². The number of hydrogen-bond acceptors (Lipinski definition) is 5. The Morgan fingerprint density at radius 2 is 2.25 bits per heavy atom. The summed E-state index contributed by atoms with van der Waals surface area (Å²) in [5.41, 5.74) is 0.562. The van der Waals surface area contributed by atoms with Gasteiger partial charge >= 0.3 is 0 Å². The van der Waals surface area contributed by atoms with Crippen molar-refractivity contribution in [1.29, 1.82) is 5.26 Å². The molecule has 0 radical (unpaired) electrons. The summed E-state index contributed by atoms with van der Waals surface area (Å²) in [5.74, 6) is 1.99. The third-order valence-electron chi connectivity index (χ3n) is 4.69. The van der Waals surface area contributed by atoms with Crippen molar-refractivity contribution in [3.8, 4) is 6.07 Å². The van der Waals surface area contributed by atoms with Gasteiger partial charge in [-0.2, -0.15) is 5.26 Å². The zero-order chi connectivity index (χ0) is 17.1. The number of pyridine rings is 1. The van der Waals surface area contributed by atoms with Gasteiger partial charge in [-0.15, -0.1) is 0 Å². The lowest BCUT2D eigenvalue weighted by atomic mass is 9.98. The average molecular weight is 328 g/mol. The Hall–Kier alpha value is -2.13. The maximum Gasteiger partial charge on any atom is 0.246 e. The van der Waals surface area contributed by atoms with Gasteiger partial charge in [0.1, 0.15) is 18.5 Å². The predicted octanol–water partition coefficient (Wildman–Crippen LogP) is 1.71. The van der Waals surface area contributed by atoms with E-state index in [2.05, 4.69) is 21.3 Å². The molecule has 6 heteroatoms. The highest BCUT2D eigenvalue weighted by Crippen LogP contribution is 2.42. The van der Waals surface area contributed by atoms with Gasteiger partial charge in [-0.05, 0) is 44.7 Å². The van der Waals surface area contributed by atoms with E-state index in [-0.39, 0.29) is 24.7 Å². The summed E-state index contributed by atoms with van der Waals surface area (Å²) in [5, 5.41) is 12.0. The lowest BCUT2D eigenvalue weighted by molar-refractivity contribution is -0.128. The van der Waals surface area contributed by atoms with Crippen LogP contribution in [0.5, 0.6) is 0 Å². The Bertz CT molecular complexity index is 619. The molecule has 1 aromatic rings. The van der Waals surface area contributed by atoms with Crippen LogP contribution in [0.15, 0.2) is 18.3 Å². The van der Waals surface area contributed by atoms with Crippen LogP contribution in [0.1, 0.15) is 32.3 Å². The van der Waals surface area contributed by atoms with Crippen molar-refractivity contribution < 1.29 is 9.53 Å². The second-order valence-corrected chi connectivity index (χ2v) is 6.96. The van der Waals surface area contributed by atoms with E-state index in [1.54, 1.807) is 12.3 Å². The molecule has 0 bridgehead atoms. The summed E-state index contributed by atoms with van der Waals surface area (Å²) in [7, 11) is 0. The molecule has 1 aliphatic heterocycles. The van der Waals surface area contributed by atoms with Crippen LogP contribution in [-0.2, 0) is 9.53 Å². The van der Waals surface area contributed by atoms with Crippen LogP contribution in [0.25, 0.3) is 0 Å². The van der Waals surface area contributed by atoms with E-state index in [0.717, 1.165) is 18.9 Å². The lowest BCUT2D eigenvalue weighted by Crippen LogP contribution is -2.43. The van der Waals surface area contributed by atoms with Gasteiger partial charge < -0.3 is 15.0 Å². The number of ether oxygens (including phenoxy) is 1. The molecule has 1 aliphatic carbocycles. The first-order chi connectivity index (χ1) is 11.6. The summed E-state index contributed by atoms with van der Waals surface area (Å²) >= 11 is 0. The van der Waals surface area contributed by atoms with Crippen LogP contribution in [0.3, 0.4) is 0 Å². The molecule has 1 amide bonds. The first-order valence-electron chi connectivity index (χ1n) is 8.59. The highest BCUT2D eigenvalue weighted by Gasteiger charge is 2.43. The molecule has 1 N–H and O–H groups in total. The molecule has 6 nitrogen and oxygen atoms in total. The first-order valence-corrected chi connectivity index (χ1v) is 8.59. The van der Waals surface area contributed by atoms with Gasteiger partial charge in [-0.25, -0.2) is 4.98 Å². The van der Waals surface area contributed by atoms with E-state index in [1.807, 2.05) is 19.9 Å². The predicted molar refractivity (Wildman–Crippen MR) is 90.4 cm³/mol. The van der Waals surface area contributed by atoms with Crippen molar-refractivity contribution in [3.05, 3.63) is 23.9 Å². The molecule has 0 aromatic carbocycles. The summed E-state index contributed by atoms with van der Waals surface area (Å²) in [6, 6.07) is 5.90. The zero-order valence-electron chi connectivity index (χ0n) is 14.2. The van der Waals surface area contributed by atoms with E-state index in [1.165, 1.54) is 12.8 Å². The number of nitriles is 1. The van der Waals surface area contributed by atoms with Gasteiger partial charge in [-0.1, -0.05) is 0 Å². The lowest BCUT2D eigenvalue weighted by Gasteiger charge is -2.19. The van der Waals surface area contributed by atoms with Gasteiger partial charge in [0.15, 0.2) is 0 Å². The maximum atomic E-state index is 12.1. The third kappa shape index (κ3) is 4.04. The topological polar surface area (TPSA) is 78.2 Å². The average Bonchev–Trinajstić information content (AvgIpc) is 3.34. The van der Waals surface area contributed by atoms with Crippen molar-refractivity contribution in [2.75, 3.05) is 24.6 Å². The van der Waals surface area contributed by atoms with Gasteiger partial charge in [-0.3, -0.25) is 4.79 Å². The monoisotopic (exact) mass is 328 g/mol. The van der Waals surface area contributed by atoms with Crippen LogP contribution in [0.4, 0.5) is 5.82 Å². The van der Waals surface area contributed by atoms with Crippen molar-refractivity contribution in [1.82, 2.24) is 10.3 Å². The van der Waals surface area contributed by atoms with Crippen LogP contribution in [0.2, 0.25) is 0 Å². The van der Waals surface area contributed by atoms with Crippen LogP contribution < -0.4 is 10.2 Å². The van der Waals surface area contributed by atoms with Crippen LogP contribution >= 0.6 is 0 Å². The highest BCUT2D eigenvalue weighted by atomic mass is 16.5. The Labute approximate surface area is 142 Å². The van der Waals surface area contributed by atoms with E-state index in [9.17, 15) is 4.79 Å². The number of aromatic nitrogens is 1. The molecule has 0 unspecified atom stereocenters. The minimum atomic E-state index is -0.0472. The number of anilines is 1. The largest absolute Gasteiger partial charge is 0.369 e. The number of nitrogens with one attached hydrogen (secondary N) is 1. The molecular weight excluding hydrogens is 304 g/mol. The van der Waals surface area contributed by atoms with Crippen LogP contribution in [-0.4, -0.2) is 42.7 Å². The Morgan fingerprint density at radius 1 is 1.46 bits per heavy atom. The molecule has 3 rings (SSSR count). The second kappa shape index (κ2) is 7.18. The smallest absolute Gasteiger partial charge is 0.246 e. The summed E-state index contributed by atoms with van der Waals surface area (Å²) < 4.78 is 5.39. The number of hydrogen-bond donors (Lipinski definition) is 1. The molecule has 2 atom stereocenters. The molecule has 1 saturated heterocycles. The Kier molecular flexibility index (Phi) is 5.00. The molecule has 1 aromatic heterocycles. The number of amides is 1. The second-order valence-electron chi connectivity index (χ2n) is 6.96. The number of rotatable bonds is 6. The number of carbonyl (C=O) groups is 1. The fraction of sp³-hybridized carbons (Fsp3) is 0.611. The molecule has 128 valence electrons. The highest BCUT2D eigenvalue weighted by molar-refractivity contribution is 5.77. The van der Waals surface area contributed by atoms with Gasteiger partial charge in [0.25, 0.3) is 0 Å². The number of nitrogens with zero attached hydrogens (tertiary/aromatic N) is 3. The maximum absolute atomic E-state index is 12.1. The summed E-state index contributed by atoms with van der Waals surface area (Å²) in [6.45, 7) is 5.62. The molecular formula is C18H24N4O2. The zero-order valence-corrected chi connectivity index (χ0v) is 14.2. The van der Waals surface area contributed by atoms with Crippen molar-refractivity contribution in [2.24, 2.45) is 11.8 Å². The Morgan fingerprint density at radius 3 is 2.83 bits per heavy atom. The fourth-order valence-electron chi connectivity index (χ4n) is 3.30. The third-order valence-corrected chi connectivity index (χ3v) is 4.69. The SMILES string of the molecule is CC(C)OCC(=O)N[C@H]1CN(c2ccc(C#N)cn2)C[C@@H]1C1CC1. The van der Waals surface area contributed by atoms with Gasteiger partial charge in [0.2, 0.25) is 5.91 Å². The first kappa shape index (κ1) is 16.7. The molecule has 2 heterocycles. The molecule has 0 spiro atoms. The normalized spacial score (nSPS) is 23.3. The molecule has 2 aliphatic rings. The van der Waals surface area contributed by atoms with E-state index >= 15 is 0 Å². The van der Waals surface area contributed by atoms with Crippen molar-refractivity contribution in [2.45, 2.75) is 38.8 Å². The quantitative estimate of drug-likeness (QED) is 0.860. The number of carbonyl (C=O) groups excluding carboxylic acids is 1. The minimum Gasteiger partial charge on any atom is -0.369 e. The van der Waals surface area contributed by atoms with E-state index < -0.39 is 0 Å². The van der Waals surface area contributed by atoms with E-state index in [0.29, 0.717) is 17.4 Å². The minimum absolute atomic E-state index is 0.0472. The van der Waals surface area contributed by atoms with Gasteiger partial charge in [0.05, 0.1) is 17.7 Å². The van der Waals surface area contributed by atoms with Crippen molar-refractivity contribution in [3.63, 3.8) is 0 Å². The standard InChI is InChI=1S/C18H24N4O2/c1-12(2)24-11-18(23)21-16-10-22(9-15(16)14-4-5-14)17-6-3-13(7-19)8-20-17/h3,6,8,12,14-16H,4-5,9-11H2,1-2H3,(H,21,23)/t15-,16+/m1/s1. The fourth-order valence-corrected chi connectivity index (χ4v) is 3.30. The Balaban J connectivity index is 1.63. The summed E-state index contributed by atoms with van der Waals surface area (Å²) in [6.07, 6.45) is 4.14. The molecule has 24 heavy (non-hydrogen) atoms.